The predicted molar refractivity (Wildman–Crippen MR) is 97.3 cm³/mol. The van der Waals surface area contributed by atoms with Crippen molar-refractivity contribution >= 4 is 24.2 Å². The van der Waals surface area contributed by atoms with Crippen LogP contribution in [0.4, 0.5) is 0 Å². The summed E-state index contributed by atoms with van der Waals surface area (Å²) < 4.78 is 0. The van der Waals surface area contributed by atoms with Gasteiger partial charge in [0.1, 0.15) is 0 Å². The maximum absolute atomic E-state index is 12.0. The summed E-state index contributed by atoms with van der Waals surface area (Å²) in [6, 6.07) is 6.43. The average Bonchev–Trinajstić information content (AvgIpc) is 2.61. The third kappa shape index (κ3) is 6.73. The largest absolute Gasteiger partial charge is 0.271 e. The number of carbonyl (C=O) groups excluding carboxylic acids is 2. The van der Waals surface area contributed by atoms with Crippen molar-refractivity contribution in [2.45, 2.75) is 40.5 Å². The highest BCUT2D eigenvalue weighted by Crippen LogP contribution is 2.06. The molecule has 0 spiro atoms. The molecule has 6 nitrogen and oxygen atoms in total. The minimum absolute atomic E-state index is 0.297. The molecule has 2 unspecified atom stereocenters. The normalized spacial score (nSPS) is 13.8. The van der Waals surface area contributed by atoms with Crippen molar-refractivity contribution in [2.24, 2.45) is 22.0 Å². The molecule has 2 amide bonds. The first-order chi connectivity index (χ1) is 11.5. The van der Waals surface area contributed by atoms with Crippen LogP contribution in [0.5, 0.6) is 0 Å². The summed E-state index contributed by atoms with van der Waals surface area (Å²) in [4.78, 5) is 24.1. The number of benzene rings is 1. The Hall–Kier alpha value is -2.50. The minimum atomic E-state index is -0.354. The standard InChI is InChI=1S/C18H26N4O2/c1-5-13(3)11-19-21-17(23)15-8-7-9-16(10-15)18(24)22-20-12-14(4)6-2/h7-14H,5-6H2,1-4H3,(H,21,23)(H,22,24). The van der Waals surface area contributed by atoms with Crippen LogP contribution in [0.15, 0.2) is 34.5 Å². The molecule has 130 valence electrons. The molecule has 24 heavy (non-hydrogen) atoms. The Morgan fingerprint density at radius 1 is 0.958 bits per heavy atom. The van der Waals surface area contributed by atoms with Crippen molar-refractivity contribution in [1.82, 2.24) is 10.9 Å². The lowest BCUT2D eigenvalue weighted by Gasteiger charge is -2.05. The van der Waals surface area contributed by atoms with Crippen molar-refractivity contribution in [3.8, 4) is 0 Å². The van der Waals surface area contributed by atoms with E-state index in [2.05, 4.69) is 21.1 Å². The molecule has 2 atom stereocenters. The number of hydrogen-bond donors (Lipinski definition) is 2. The Morgan fingerprint density at radius 2 is 1.38 bits per heavy atom. The van der Waals surface area contributed by atoms with Gasteiger partial charge in [0.2, 0.25) is 0 Å². The lowest BCUT2D eigenvalue weighted by molar-refractivity contribution is 0.0954. The predicted octanol–water partition coefficient (Wildman–Crippen LogP) is 3.21. The molecule has 0 bridgehead atoms. The number of rotatable bonds is 8. The zero-order valence-electron chi connectivity index (χ0n) is 14.7. The summed E-state index contributed by atoms with van der Waals surface area (Å²) in [6.07, 6.45) is 5.29. The van der Waals surface area contributed by atoms with Crippen LogP contribution in [-0.2, 0) is 0 Å². The molecular formula is C18H26N4O2. The fourth-order valence-electron chi connectivity index (χ4n) is 1.59. The van der Waals surface area contributed by atoms with Crippen LogP contribution in [0.2, 0.25) is 0 Å². The smallest absolute Gasteiger partial charge is 0.267 e. The van der Waals surface area contributed by atoms with Crippen molar-refractivity contribution in [2.75, 3.05) is 0 Å². The highest BCUT2D eigenvalue weighted by Gasteiger charge is 2.09. The zero-order valence-corrected chi connectivity index (χ0v) is 14.7. The molecule has 1 aromatic carbocycles. The second-order valence-corrected chi connectivity index (χ2v) is 5.79. The minimum Gasteiger partial charge on any atom is -0.267 e. The first kappa shape index (κ1) is 19.5. The first-order valence-electron chi connectivity index (χ1n) is 8.25. The van der Waals surface area contributed by atoms with E-state index in [4.69, 9.17) is 0 Å². The molecule has 0 aliphatic rings. The monoisotopic (exact) mass is 330 g/mol. The first-order valence-corrected chi connectivity index (χ1v) is 8.25. The van der Waals surface area contributed by atoms with E-state index in [-0.39, 0.29) is 11.8 Å². The van der Waals surface area contributed by atoms with E-state index in [1.165, 1.54) is 6.07 Å². The Labute approximate surface area is 143 Å². The lowest BCUT2D eigenvalue weighted by Crippen LogP contribution is -2.21. The number of nitrogens with zero attached hydrogens (tertiary/aromatic N) is 2. The average molecular weight is 330 g/mol. The second-order valence-electron chi connectivity index (χ2n) is 5.79. The second kappa shape index (κ2) is 10.3. The number of hydrogen-bond acceptors (Lipinski definition) is 4. The topological polar surface area (TPSA) is 82.9 Å². The Balaban J connectivity index is 2.68. The molecule has 2 N–H and O–H groups in total. The van der Waals surface area contributed by atoms with Gasteiger partial charge in [-0.3, -0.25) is 9.59 Å². The molecule has 1 rings (SSSR count). The van der Waals surface area contributed by atoms with Gasteiger partial charge in [-0.2, -0.15) is 10.2 Å². The SMILES string of the molecule is CCC(C)C=NNC(=O)c1cccc(C(=O)NN=CC(C)CC)c1. The van der Waals surface area contributed by atoms with E-state index < -0.39 is 0 Å². The van der Waals surface area contributed by atoms with Crippen LogP contribution in [0.3, 0.4) is 0 Å². The van der Waals surface area contributed by atoms with E-state index in [0.717, 1.165) is 12.8 Å². The number of carbonyl (C=O) groups is 2. The van der Waals surface area contributed by atoms with Gasteiger partial charge in [0.05, 0.1) is 0 Å². The van der Waals surface area contributed by atoms with Crippen LogP contribution in [-0.4, -0.2) is 24.2 Å². The van der Waals surface area contributed by atoms with E-state index in [1.807, 2.05) is 27.7 Å². The maximum atomic E-state index is 12.0. The fourth-order valence-corrected chi connectivity index (χ4v) is 1.59. The molecule has 0 saturated heterocycles. The van der Waals surface area contributed by atoms with E-state index >= 15 is 0 Å². The van der Waals surface area contributed by atoms with Crippen LogP contribution in [0, 0.1) is 11.8 Å². The van der Waals surface area contributed by atoms with Gasteiger partial charge in [-0.1, -0.05) is 33.8 Å². The van der Waals surface area contributed by atoms with Gasteiger partial charge in [0.15, 0.2) is 0 Å². The number of nitrogens with one attached hydrogen (secondary N) is 2. The molecular weight excluding hydrogens is 304 g/mol. The van der Waals surface area contributed by atoms with E-state index in [0.29, 0.717) is 23.0 Å². The van der Waals surface area contributed by atoms with Crippen LogP contribution in [0.1, 0.15) is 61.3 Å². The third-order valence-electron chi connectivity index (χ3n) is 3.67. The van der Waals surface area contributed by atoms with Gasteiger partial charge >= 0.3 is 0 Å². The molecule has 1 aromatic rings. The Bertz CT molecular complexity index is 562. The van der Waals surface area contributed by atoms with Crippen molar-refractivity contribution in [1.29, 1.82) is 0 Å². The Morgan fingerprint density at radius 3 is 1.75 bits per heavy atom. The third-order valence-corrected chi connectivity index (χ3v) is 3.67. The summed E-state index contributed by atoms with van der Waals surface area (Å²) in [5.74, 6) is -0.115. The summed E-state index contributed by atoms with van der Waals surface area (Å²) >= 11 is 0. The highest BCUT2D eigenvalue weighted by atomic mass is 16.2. The molecule has 0 radical (unpaired) electrons. The molecule has 0 fully saturated rings. The van der Waals surface area contributed by atoms with Gasteiger partial charge in [0, 0.05) is 23.6 Å². The number of hydrazone groups is 2. The highest BCUT2D eigenvalue weighted by molar-refractivity contribution is 5.99. The summed E-state index contributed by atoms with van der Waals surface area (Å²) in [5.41, 5.74) is 5.67. The molecule has 0 aliphatic carbocycles. The van der Waals surface area contributed by atoms with Gasteiger partial charge in [-0.15, -0.1) is 0 Å². The Kier molecular flexibility index (Phi) is 8.39. The van der Waals surface area contributed by atoms with Crippen LogP contribution >= 0.6 is 0 Å². The van der Waals surface area contributed by atoms with Gasteiger partial charge in [-0.05, 0) is 42.9 Å². The van der Waals surface area contributed by atoms with Gasteiger partial charge < -0.3 is 0 Å². The van der Waals surface area contributed by atoms with Crippen molar-refractivity contribution in [3.05, 3.63) is 35.4 Å². The van der Waals surface area contributed by atoms with Gasteiger partial charge in [0.25, 0.3) is 11.8 Å². The summed E-state index contributed by atoms with van der Waals surface area (Å²) in [5, 5.41) is 7.85. The summed E-state index contributed by atoms with van der Waals surface area (Å²) in [6.45, 7) is 8.12. The van der Waals surface area contributed by atoms with E-state index in [1.54, 1.807) is 30.6 Å². The maximum Gasteiger partial charge on any atom is 0.271 e. The summed E-state index contributed by atoms with van der Waals surface area (Å²) in [7, 11) is 0. The van der Waals surface area contributed by atoms with Crippen LogP contribution in [0.25, 0.3) is 0 Å². The lowest BCUT2D eigenvalue weighted by atomic mass is 10.1. The molecule has 0 aliphatic heterocycles. The molecule has 0 saturated carbocycles. The molecule has 0 heterocycles. The van der Waals surface area contributed by atoms with E-state index in [9.17, 15) is 9.59 Å². The fraction of sp³-hybridized carbons (Fsp3) is 0.444. The van der Waals surface area contributed by atoms with Crippen LogP contribution < -0.4 is 10.9 Å². The van der Waals surface area contributed by atoms with Crippen molar-refractivity contribution in [3.63, 3.8) is 0 Å². The van der Waals surface area contributed by atoms with Crippen molar-refractivity contribution < 1.29 is 9.59 Å². The molecule has 0 aromatic heterocycles. The molecule has 6 heteroatoms. The quantitative estimate of drug-likeness (QED) is 0.567. The zero-order chi connectivity index (χ0) is 17.9. The van der Waals surface area contributed by atoms with Gasteiger partial charge in [-0.25, -0.2) is 10.9 Å². The number of amides is 2.